The highest BCUT2D eigenvalue weighted by Crippen LogP contribution is 2.46. The zero-order valence-corrected chi connectivity index (χ0v) is 13.2. The highest BCUT2D eigenvalue weighted by atomic mass is 32.2. The molecule has 128 valence electrons. The third-order valence-electron chi connectivity index (χ3n) is 3.64. The van der Waals surface area contributed by atoms with E-state index in [2.05, 4.69) is 4.74 Å². The van der Waals surface area contributed by atoms with E-state index in [-0.39, 0.29) is 23.9 Å². The van der Waals surface area contributed by atoms with Crippen LogP contribution in [0.3, 0.4) is 0 Å². The Bertz CT molecular complexity index is 669. The van der Waals surface area contributed by atoms with E-state index in [4.69, 9.17) is 10.5 Å². The van der Waals surface area contributed by atoms with Gasteiger partial charge in [0.05, 0.1) is 16.2 Å². The third-order valence-corrected chi connectivity index (χ3v) is 6.19. The number of carbonyl (C=O) groups excluding carboxylic acids is 1. The van der Waals surface area contributed by atoms with E-state index < -0.39 is 33.4 Å². The minimum atomic E-state index is -3.64. The fourth-order valence-corrected chi connectivity index (χ4v) is 3.89. The highest BCUT2D eigenvalue weighted by molar-refractivity contribution is 7.93. The van der Waals surface area contributed by atoms with Gasteiger partial charge in [-0.1, -0.05) is 6.07 Å². The van der Waals surface area contributed by atoms with E-state index >= 15 is 0 Å². The number of nitrogens with two attached hydrogens (primary N) is 1. The van der Waals surface area contributed by atoms with Crippen molar-refractivity contribution in [3.8, 4) is 5.75 Å². The second-order valence-electron chi connectivity index (χ2n) is 5.41. The maximum absolute atomic E-state index is 12.5. The standard InChI is InChI=1S/C14H19NO7S/c15-13(18)22-8-10(17)7-21-11-2-1-3-12(6-11)23(19,20)14(9-16)4-5-14/h1-3,6,10,16-17H,4-5,7-9H2,(H2,15,18). The van der Waals surface area contributed by atoms with Crippen LogP contribution in [0.4, 0.5) is 4.79 Å². The van der Waals surface area contributed by atoms with Crippen molar-refractivity contribution in [3.05, 3.63) is 24.3 Å². The topological polar surface area (TPSA) is 136 Å². The molecule has 1 unspecified atom stereocenters. The average Bonchev–Trinajstić information content (AvgIpc) is 3.33. The second-order valence-corrected chi connectivity index (χ2v) is 7.76. The summed E-state index contributed by atoms with van der Waals surface area (Å²) >= 11 is 0. The Balaban J connectivity index is 2.02. The van der Waals surface area contributed by atoms with Gasteiger partial charge in [-0.15, -0.1) is 0 Å². The Morgan fingerprint density at radius 1 is 1.35 bits per heavy atom. The summed E-state index contributed by atoms with van der Waals surface area (Å²) in [4.78, 5) is 10.5. The van der Waals surface area contributed by atoms with Gasteiger partial charge in [0, 0.05) is 0 Å². The van der Waals surface area contributed by atoms with Crippen LogP contribution in [-0.2, 0) is 14.6 Å². The first-order valence-corrected chi connectivity index (χ1v) is 8.48. The van der Waals surface area contributed by atoms with E-state index in [1.165, 1.54) is 18.2 Å². The molecule has 0 radical (unpaired) electrons. The fourth-order valence-electron chi connectivity index (χ4n) is 2.05. The van der Waals surface area contributed by atoms with Crippen molar-refractivity contribution in [3.63, 3.8) is 0 Å². The molecular formula is C14H19NO7S. The molecule has 0 aromatic heterocycles. The second kappa shape index (κ2) is 6.73. The first-order chi connectivity index (χ1) is 10.8. The zero-order chi connectivity index (χ0) is 17.1. The molecule has 1 saturated carbocycles. The van der Waals surface area contributed by atoms with Crippen LogP contribution in [0, 0.1) is 0 Å². The minimum Gasteiger partial charge on any atom is -0.491 e. The van der Waals surface area contributed by atoms with Gasteiger partial charge in [-0.05, 0) is 31.0 Å². The Morgan fingerprint density at radius 2 is 2.04 bits per heavy atom. The Hall–Kier alpha value is -1.84. The van der Waals surface area contributed by atoms with Crippen molar-refractivity contribution < 1.29 is 32.9 Å². The summed E-state index contributed by atoms with van der Waals surface area (Å²) in [5, 5.41) is 18.9. The molecule has 1 aliphatic rings. The predicted octanol–water partition coefficient (Wildman–Crippen LogP) is -0.180. The summed E-state index contributed by atoms with van der Waals surface area (Å²) in [5.41, 5.74) is 4.78. The first kappa shape index (κ1) is 17.5. The highest BCUT2D eigenvalue weighted by Gasteiger charge is 2.54. The number of ether oxygens (including phenoxy) is 2. The van der Waals surface area contributed by atoms with Gasteiger partial charge in [-0.3, -0.25) is 0 Å². The van der Waals surface area contributed by atoms with Gasteiger partial charge in [0.15, 0.2) is 9.84 Å². The lowest BCUT2D eigenvalue weighted by Crippen LogP contribution is -2.28. The third kappa shape index (κ3) is 3.92. The van der Waals surface area contributed by atoms with Crippen LogP contribution in [0.5, 0.6) is 5.75 Å². The molecule has 8 nitrogen and oxygen atoms in total. The number of aliphatic hydroxyl groups excluding tert-OH is 2. The number of amides is 1. The van der Waals surface area contributed by atoms with Crippen LogP contribution in [0.2, 0.25) is 0 Å². The molecule has 23 heavy (non-hydrogen) atoms. The number of hydrogen-bond acceptors (Lipinski definition) is 7. The molecule has 1 aromatic carbocycles. The molecule has 1 aromatic rings. The average molecular weight is 345 g/mol. The maximum atomic E-state index is 12.5. The number of primary amides is 1. The van der Waals surface area contributed by atoms with Gasteiger partial charge < -0.3 is 25.4 Å². The fraction of sp³-hybridized carbons (Fsp3) is 0.500. The van der Waals surface area contributed by atoms with E-state index in [1.54, 1.807) is 6.07 Å². The molecule has 4 N–H and O–H groups in total. The van der Waals surface area contributed by atoms with Crippen molar-refractivity contribution in [2.75, 3.05) is 19.8 Å². The monoisotopic (exact) mass is 345 g/mol. The van der Waals surface area contributed by atoms with Crippen LogP contribution in [0.15, 0.2) is 29.2 Å². The number of carbonyl (C=O) groups is 1. The van der Waals surface area contributed by atoms with Crippen molar-refractivity contribution in [2.45, 2.75) is 28.6 Å². The number of rotatable bonds is 8. The van der Waals surface area contributed by atoms with Gasteiger partial charge >= 0.3 is 6.09 Å². The van der Waals surface area contributed by atoms with E-state index in [1.807, 2.05) is 0 Å². The smallest absolute Gasteiger partial charge is 0.404 e. The van der Waals surface area contributed by atoms with Crippen LogP contribution in [-0.4, -0.2) is 55.4 Å². The summed E-state index contributed by atoms with van der Waals surface area (Å²) < 4.78 is 33.6. The molecule has 0 bridgehead atoms. The molecule has 1 atom stereocenters. The van der Waals surface area contributed by atoms with Gasteiger partial charge in [0.1, 0.15) is 25.1 Å². The Kier molecular flexibility index (Phi) is 5.12. The van der Waals surface area contributed by atoms with E-state index in [9.17, 15) is 23.4 Å². The van der Waals surface area contributed by atoms with Gasteiger partial charge in [-0.25, -0.2) is 13.2 Å². The molecule has 1 fully saturated rings. The number of aliphatic hydroxyl groups is 2. The van der Waals surface area contributed by atoms with E-state index in [0.29, 0.717) is 12.8 Å². The molecular weight excluding hydrogens is 326 g/mol. The molecule has 0 spiro atoms. The molecule has 1 aliphatic carbocycles. The molecule has 2 rings (SSSR count). The Labute approximate surface area is 133 Å². The van der Waals surface area contributed by atoms with Crippen molar-refractivity contribution >= 4 is 15.9 Å². The summed E-state index contributed by atoms with van der Waals surface area (Å²) in [7, 11) is -3.64. The quantitative estimate of drug-likeness (QED) is 0.594. The summed E-state index contributed by atoms with van der Waals surface area (Å²) in [6.45, 7) is -0.924. The van der Waals surface area contributed by atoms with Crippen LogP contribution in [0.25, 0.3) is 0 Å². The van der Waals surface area contributed by atoms with Gasteiger partial charge in [0.2, 0.25) is 0 Å². The summed E-state index contributed by atoms with van der Waals surface area (Å²) in [6.07, 6.45) is -1.23. The molecule has 0 aliphatic heterocycles. The predicted molar refractivity (Wildman–Crippen MR) is 79.7 cm³/mol. The lowest BCUT2D eigenvalue weighted by molar-refractivity contribution is 0.0419. The lowest BCUT2D eigenvalue weighted by atomic mass is 10.3. The number of sulfone groups is 1. The Morgan fingerprint density at radius 3 is 2.61 bits per heavy atom. The van der Waals surface area contributed by atoms with E-state index in [0.717, 1.165) is 0 Å². The lowest BCUT2D eigenvalue weighted by Gasteiger charge is -2.15. The summed E-state index contributed by atoms with van der Waals surface area (Å²) in [5.74, 6) is 0.248. The van der Waals surface area contributed by atoms with Crippen LogP contribution >= 0.6 is 0 Å². The van der Waals surface area contributed by atoms with Gasteiger partial charge in [0.25, 0.3) is 0 Å². The minimum absolute atomic E-state index is 0.0597. The van der Waals surface area contributed by atoms with Crippen molar-refractivity contribution in [1.82, 2.24) is 0 Å². The maximum Gasteiger partial charge on any atom is 0.404 e. The van der Waals surface area contributed by atoms with Crippen LogP contribution < -0.4 is 10.5 Å². The number of benzene rings is 1. The largest absolute Gasteiger partial charge is 0.491 e. The SMILES string of the molecule is NC(=O)OCC(O)COc1cccc(S(=O)(=O)C2(CO)CC2)c1. The molecule has 0 saturated heterocycles. The van der Waals surface area contributed by atoms with Gasteiger partial charge in [-0.2, -0.15) is 0 Å². The summed E-state index contributed by atoms with van der Waals surface area (Å²) in [6, 6.07) is 5.83. The van der Waals surface area contributed by atoms with Crippen LogP contribution in [0.1, 0.15) is 12.8 Å². The molecule has 0 heterocycles. The normalized spacial score (nSPS) is 17.3. The van der Waals surface area contributed by atoms with Crippen molar-refractivity contribution in [2.24, 2.45) is 5.73 Å². The first-order valence-electron chi connectivity index (χ1n) is 6.99. The number of hydrogen-bond donors (Lipinski definition) is 3. The zero-order valence-electron chi connectivity index (χ0n) is 12.3. The molecule has 1 amide bonds. The molecule has 9 heteroatoms. The van der Waals surface area contributed by atoms with Crippen molar-refractivity contribution in [1.29, 1.82) is 0 Å².